The van der Waals surface area contributed by atoms with Crippen molar-refractivity contribution < 1.29 is 24.0 Å². The SMILES string of the molecule is COC(=O)c1ccc(O[C@H](C)C(C)=O)c([N+](=O)[O-])c1. The number of nitro benzene ring substituents is 1. The third-order valence-electron chi connectivity index (χ3n) is 2.45. The lowest BCUT2D eigenvalue weighted by Gasteiger charge is -2.12. The average Bonchev–Trinajstić information content (AvgIpc) is 2.37. The molecular weight excluding hydrogens is 254 g/mol. The summed E-state index contributed by atoms with van der Waals surface area (Å²) in [5.41, 5.74) is -0.354. The number of carbonyl (C=O) groups is 2. The topological polar surface area (TPSA) is 95.7 Å². The second-order valence-corrected chi connectivity index (χ2v) is 3.80. The predicted molar refractivity (Wildman–Crippen MR) is 65.2 cm³/mol. The van der Waals surface area contributed by atoms with E-state index in [0.29, 0.717) is 0 Å². The zero-order valence-electron chi connectivity index (χ0n) is 10.7. The van der Waals surface area contributed by atoms with Crippen LogP contribution in [0, 0.1) is 10.1 Å². The fraction of sp³-hybridized carbons (Fsp3) is 0.333. The molecule has 0 aliphatic carbocycles. The highest BCUT2D eigenvalue weighted by molar-refractivity contribution is 5.90. The second-order valence-electron chi connectivity index (χ2n) is 3.80. The van der Waals surface area contributed by atoms with Gasteiger partial charge < -0.3 is 9.47 Å². The van der Waals surface area contributed by atoms with E-state index in [1.54, 1.807) is 0 Å². The van der Waals surface area contributed by atoms with Crippen LogP contribution in [-0.2, 0) is 9.53 Å². The molecule has 0 fully saturated rings. The van der Waals surface area contributed by atoms with E-state index in [0.717, 1.165) is 6.07 Å². The van der Waals surface area contributed by atoms with Gasteiger partial charge in [-0.1, -0.05) is 0 Å². The minimum absolute atomic E-state index is 0.0389. The zero-order valence-corrected chi connectivity index (χ0v) is 10.7. The summed E-state index contributed by atoms with van der Waals surface area (Å²) in [6.45, 7) is 2.81. The van der Waals surface area contributed by atoms with Crippen LogP contribution in [0.5, 0.6) is 5.75 Å². The highest BCUT2D eigenvalue weighted by atomic mass is 16.6. The third kappa shape index (κ3) is 3.51. The van der Waals surface area contributed by atoms with Gasteiger partial charge in [-0.2, -0.15) is 0 Å². The Morgan fingerprint density at radius 2 is 2.00 bits per heavy atom. The van der Waals surface area contributed by atoms with E-state index in [1.807, 2.05) is 0 Å². The molecule has 0 radical (unpaired) electrons. The summed E-state index contributed by atoms with van der Waals surface area (Å²) in [5, 5.41) is 10.9. The van der Waals surface area contributed by atoms with Crippen LogP contribution in [0.2, 0.25) is 0 Å². The molecule has 19 heavy (non-hydrogen) atoms. The van der Waals surface area contributed by atoms with E-state index < -0.39 is 22.7 Å². The van der Waals surface area contributed by atoms with Gasteiger partial charge in [0.05, 0.1) is 17.6 Å². The van der Waals surface area contributed by atoms with Crippen LogP contribution in [0.15, 0.2) is 18.2 Å². The Morgan fingerprint density at radius 3 is 2.47 bits per heavy atom. The smallest absolute Gasteiger partial charge is 0.338 e. The standard InChI is InChI=1S/C12H13NO6/c1-7(14)8(2)19-11-5-4-9(12(15)18-3)6-10(11)13(16)17/h4-6,8H,1-3H3/t8-/m1/s1. The maximum Gasteiger partial charge on any atom is 0.338 e. The number of methoxy groups -OCH3 is 1. The van der Waals surface area contributed by atoms with Gasteiger partial charge in [0.15, 0.2) is 17.6 Å². The normalized spacial score (nSPS) is 11.5. The van der Waals surface area contributed by atoms with Gasteiger partial charge in [-0.05, 0) is 26.0 Å². The minimum atomic E-state index is -0.803. The Bertz CT molecular complexity index is 525. The molecule has 0 saturated heterocycles. The van der Waals surface area contributed by atoms with Crippen LogP contribution < -0.4 is 4.74 Å². The third-order valence-corrected chi connectivity index (χ3v) is 2.45. The van der Waals surface area contributed by atoms with Crippen molar-refractivity contribution >= 4 is 17.4 Å². The van der Waals surface area contributed by atoms with Gasteiger partial charge in [0.1, 0.15) is 0 Å². The van der Waals surface area contributed by atoms with Crippen LogP contribution >= 0.6 is 0 Å². The van der Waals surface area contributed by atoms with E-state index in [1.165, 1.54) is 33.1 Å². The van der Waals surface area contributed by atoms with Gasteiger partial charge in [0.25, 0.3) is 0 Å². The molecule has 0 heterocycles. The van der Waals surface area contributed by atoms with Gasteiger partial charge in [-0.15, -0.1) is 0 Å². The van der Waals surface area contributed by atoms with E-state index in [-0.39, 0.29) is 17.1 Å². The molecule has 1 aromatic rings. The highest BCUT2D eigenvalue weighted by Gasteiger charge is 2.21. The van der Waals surface area contributed by atoms with Crippen molar-refractivity contribution in [3.8, 4) is 5.75 Å². The monoisotopic (exact) mass is 267 g/mol. The molecule has 7 nitrogen and oxygen atoms in total. The molecule has 0 saturated carbocycles. The predicted octanol–water partition coefficient (Wildman–Crippen LogP) is 1.74. The summed E-state index contributed by atoms with van der Waals surface area (Å²) >= 11 is 0. The molecule has 1 aromatic carbocycles. The first kappa shape index (κ1) is 14.6. The van der Waals surface area contributed by atoms with E-state index in [2.05, 4.69) is 4.74 Å². The molecule has 0 spiro atoms. The molecule has 1 atom stereocenters. The number of ketones is 1. The lowest BCUT2D eigenvalue weighted by molar-refractivity contribution is -0.386. The number of nitrogens with zero attached hydrogens (tertiary/aromatic N) is 1. The van der Waals surface area contributed by atoms with E-state index >= 15 is 0 Å². The van der Waals surface area contributed by atoms with Crippen LogP contribution in [-0.4, -0.2) is 29.9 Å². The van der Waals surface area contributed by atoms with Gasteiger partial charge in [0, 0.05) is 6.07 Å². The summed E-state index contributed by atoms with van der Waals surface area (Å²) in [6.07, 6.45) is -0.803. The maximum absolute atomic E-state index is 11.3. The summed E-state index contributed by atoms with van der Waals surface area (Å²) in [7, 11) is 1.18. The van der Waals surface area contributed by atoms with Crippen LogP contribution in [0.25, 0.3) is 0 Å². The van der Waals surface area contributed by atoms with Gasteiger partial charge >= 0.3 is 11.7 Å². The van der Waals surface area contributed by atoms with Crippen molar-refractivity contribution in [3.05, 3.63) is 33.9 Å². The zero-order chi connectivity index (χ0) is 14.6. The quantitative estimate of drug-likeness (QED) is 0.458. The molecule has 0 amide bonds. The number of rotatable bonds is 5. The number of benzene rings is 1. The molecule has 1 rings (SSSR count). The molecule has 0 aliphatic rings. The van der Waals surface area contributed by atoms with Crippen molar-refractivity contribution in [1.82, 2.24) is 0 Å². The van der Waals surface area contributed by atoms with Crippen LogP contribution in [0.3, 0.4) is 0 Å². The molecule has 0 unspecified atom stereocenters. The Kier molecular flexibility index (Phi) is 4.57. The van der Waals surface area contributed by atoms with Gasteiger partial charge in [-0.25, -0.2) is 4.79 Å². The van der Waals surface area contributed by atoms with Gasteiger partial charge in [-0.3, -0.25) is 14.9 Å². The number of esters is 1. The maximum atomic E-state index is 11.3. The summed E-state index contributed by atoms with van der Waals surface area (Å²) < 4.78 is 9.67. The van der Waals surface area contributed by atoms with Crippen LogP contribution in [0.4, 0.5) is 5.69 Å². The van der Waals surface area contributed by atoms with Crippen molar-refractivity contribution in [3.63, 3.8) is 0 Å². The summed E-state index contributed by atoms with van der Waals surface area (Å²) in [5.74, 6) is -1.01. The fourth-order valence-electron chi connectivity index (χ4n) is 1.28. The molecule has 102 valence electrons. The number of carbonyl (C=O) groups excluding carboxylic acids is 2. The van der Waals surface area contributed by atoms with Crippen molar-refractivity contribution in [2.75, 3.05) is 7.11 Å². The van der Waals surface area contributed by atoms with Crippen molar-refractivity contribution in [1.29, 1.82) is 0 Å². The Balaban J connectivity index is 3.15. The van der Waals surface area contributed by atoms with E-state index in [4.69, 9.17) is 4.74 Å². The number of Topliss-reactive ketones (excluding diaryl/α,β-unsaturated/α-hetero) is 1. The Hall–Kier alpha value is -2.44. The number of ether oxygens (including phenoxy) is 2. The molecular formula is C12H13NO6. The number of hydrogen-bond donors (Lipinski definition) is 0. The number of nitro groups is 1. The minimum Gasteiger partial charge on any atom is -0.476 e. The number of hydrogen-bond acceptors (Lipinski definition) is 6. The Morgan fingerprint density at radius 1 is 1.37 bits per heavy atom. The fourth-order valence-corrected chi connectivity index (χ4v) is 1.28. The lowest BCUT2D eigenvalue weighted by Crippen LogP contribution is -2.21. The lowest BCUT2D eigenvalue weighted by atomic mass is 10.2. The summed E-state index contributed by atoms with van der Waals surface area (Å²) in [4.78, 5) is 32.6. The van der Waals surface area contributed by atoms with Crippen molar-refractivity contribution in [2.24, 2.45) is 0 Å². The first-order valence-electron chi connectivity index (χ1n) is 5.40. The molecule has 0 aromatic heterocycles. The highest BCUT2D eigenvalue weighted by Crippen LogP contribution is 2.29. The largest absolute Gasteiger partial charge is 0.476 e. The molecule has 0 aliphatic heterocycles. The second kappa shape index (κ2) is 5.94. The summed E-state index contributed by atoms with van der Waals surface area (Å²) in [6, 6.07) is 3.65. The first-order valence-corrected chi connectivity index (χ1v) is 5.40. The van der Waals surface area contributed by atoms with Crippen molar-refractivity contribution in [2.45, 2.75) is 20.0 Å². The molecule has 0 bridgehead atoms. The van der Waals surface area contributed by atoms with E-state index in [9.17, 15) is 19.7 Å². The van der Waals surface area contributed by atoms with Gasteiger partial charge in [0.2, 0.25) is 0 Å². The first-order chi connectivity index (χ1) is 8.86. The molecule has 0 N–H and O–H groups in total. The van der Waals surface area contributed by atoms with Crippen LogP contribution in [0.1, 0.15) is 24.2 Å². The Labute approximate surface area is 109 Å². The molecule has 7 heteroatoms. The average molecular weight is 267 g/mol.